The second kappa shape index (κ2) is 11.1. The quantitative estimate of drug-likeness (QED) is 0.494. The Bertz CT molecular complexity index is 1020. The predicted octanol–water partition coefficient (Wildman–Crippen LogP) is 2.71. The minimum absolute atomic E-state index is 0.144. The van der Waals surface area contributed by atoms with Gasteiger partial charge in [0.1, 0.15) is 0 Å². The van der Waals surface area contributed by atoms with Crippen LogP contribution in [0.2, 0.25) is 0 Å². The number of carbonyl (C=O) groups is 1. The number of hydrogen-bond acceptors (Lipinski definition) is 5. The van der Waals surface area contributed by atoms with Crippen molar-refractivity contribution in [2.45, 2.75) is 30.6 Å². The van der Waals surface area contributed by atoms with Gasteiger partial charge in [0.2, 0.25) is 10.0 Å². The number of unbranched alkanes of at least 4 members (excludes halogenated alkanes) is 1. The van der Waals surface area contributed by atoms with E-state index in [4.69, 9.17) is 0 Å². The molecule has 2 fully saturated rings. The maximum absolute atomic E-state index is 12.5. The fourth-order valence-corrected chi connectivity index (χ4v) is 5.23. The summed E-state index contributed by atoms with van der Waals surface area (Å²) in [4.78, 5) is 17.5. The van der Waals surface area contributed by atoms with Gasteiger partial charge in [-0.15, -0.1) is 0 Å². The molecule has 0 radical (unpaired) electrons. The van der Waals surface area contributed by atoms with E-state index in [1.807, 2.05) is 6.07 Å². The molecular formula is C25H34N4O3S. The van der Waals surface area contributed by atoms with Crippen LogP contribution in [0.3, 0.4) is 0 Å². The SMILES string of the molecule is O=C(NCCCCN1CCN(c2ccccc2)CC1)c1cccc(S(=O)(=O)NCC2CC2)c1. The summed E-state index contributed by atoms with van der Waals surface area (Å²) in [5, 5.41) is 2.92. The number of rotatable bonds is 11. The molecule has 1 saturated carbocycles. The zero-order valence-corrected chi connectivity index (χ0v) is 19.9. The van der Waals surface area contributed by atoms with Crippen molar-refractivity contribution in [2.24, 2.45) is 5.92 Å². The molecule has 7 nitrogen and oxygen atoms in total. The van der Waals surface area contributed by atoms with Crippen LogP contribution in [0.1, 0.15) is 36.0 Å². The number of amides is 1. The van der Waals surface area contributed by atoms with Crippen molar-refractivity contribution in [3.63, 3.8) is 0 Å². The lowest BCUT2D eigenvalue weighted by molar-refractivity contribution is 0.0952. The van der Waals surface area contributed by atoms with Crippen LogP contribution in [0.25, 0.3) is 0 Å². The predicted molar refractivity (Wildman–Crippen MR) is 131 cm³/mol. The fraction of sp³-hybridized carbons (Fsp3) is 0.480. The van der Waals surface area contributed by atoms with Crippen molar-refractivity contribution in [1.29, 1.82) is 0 Å². The summed E-state index contributed by atoms with van der Waals surface area (Å²) in [6.45, 7) is 6.26. The minimum Gasteiger partial charge on any atom is -0.369 e. The highest BCUT2D eigenvalue weighted by Gasteiger charge is 2.24. The molecule has 33 heavy (non-hydrogen) atoms. The van der Waals surface area contributed by atoms with E-state index in [2.05, 4.69) is 44.1 Å². The lowest BCUT2D eigenvalue weighted by Crippen LogP contribution is -2.46. The first-order chi connectivity index (χ1) is 16.0. The Hall–Kier alpha value is -2.42. The van der Waals surface area contributed by atoms with E-state index >= 15 is 0 Å². The Morgan fingerprint density at radius 2 is 1.70 bits per heavy atom. The first-order valence-electron chi connectivity index (χ1n) is 11.9. The number of nitrogens with one attached hydrogen (secondary N) is 2. The molecule has 4 rings (SSSR count). The molecule has 1 aliphatic heterocycles. The molecule has 1 aliphatic carbocycles. The first-order valence-corrected chi connectivity index (χ1v) is 13.4. The Morgan fingerprint density at radius 3 is 2.42 bits per heavy atom. The Kier molecular flexibility index (Phi) is 8.01. The second-order valence-corrected chi connectivity index (χ2v) is 10.7. The molecule has 2 aromatic rings. The molecule has 0 atom stereocenters. The molecule has 2 aliphatic rings. The molecule has 1 heterocycles. The molecular weight excluding hydrogens is 436 g/mol. The highest BCUT2D eigenvalue weighted by molar-refractivity contribution is 7.89. The van der Waals surface area contributed by atoms with E-state index in [1.54, 1.807) is 12.1 Å². The third-order valence-corrected chi connectivity index (χ3v) is 7.77. The van der Waals surface area contributed by atoms with Crippen LogP contribution >= 0.6 is 0 Å². The largest absolute Gasteiger partial charge is 0.369 e. The number of nitrogens with zero attached hydrogens (tertiary/aromatic N) is 2. The van der Waals surface area contributed by atoms with Crippen molar-refractivity contribution in [2.75, 3.05) is 50.7 Å². The van der Waals surface area contributed by atoms with Gasteiger partial charge in [-0.2, -0.15) is 0 Å². The maximum atomic E-state index is 12.5. The molecule has 1 saturated heterocycles. The summed E-state index contributed by atoms with van der Waals surface area (Å²) >= 11 is 0. The van der Waals surface area contributed by atoms with Gasteiger partial charge in [0.25, 0.3) is 5.91 Å². The minimum atomic E-state index is -3.57. The summed E-state index contributed by atoms with van der Waals surface area (Å²) < 4.78 is 27.5. The van der Waals surface area contributed by atoms with Crippen LogP contribution in [0.5, 0.6) is 0 Å². The van der Waals surface area contributed by atoms with Crippen LogP contribution in [0.4, 0.5) is 5.69 Å². The van der Waals surface area contributed by atoms with Crippen molar-refractivity contribution in [3.8, 4) is 0 Å². The third kappa shape index (κ3) is 7.03. The van der Waals surface area contributed by atoms with Gasteiger partial charge in [0, 0.05) is 50.5 Å². The van der Waals surface area contributed by atoms with E-state index in [9.17, 15) is 13.2 Å². The summed E-state index contributed by atoms with van der Waals surface area (Å²) in [6.07, 6.45) is 4.07. The van der Waals surface area contributed by atoms with Crippen LogP contribution in [-0.2, 0) is 10.0 Å². The normalized spacial score (nSPS) is 17.2. The van der Waals surface area contributed by atoms with Crippen LogP contribution in [0, 0.1) is 5.92 Å². The lowest BCUT2D eigenvalue weighted by atomic mass is 10.2. The number of hydrogen-bond donors (Lipinski definition) is 2. The van der Waals surface area contributed by atoms with E-state index < -0.39 is 10.0 Å². The van der Waals surface area contributed by atoms with Crippen molar-refractivity contribution >= 4 is 21.6 Å². The average Bonchev–Trinajstić information content (AvgIpc) is 3.68. The molecule has 0 unspecified atom stereocenters. The summed E-state index contributed by atoms with van der Waals surface area (Å²) in [6, 6.07) is 16.8. The standard InChI is InChI=1S/C25H34N4O3S/c30-25(22-7-6-10-24(19-22)33(31,32)27-20-21-11-12-21)26-13-4-5-14-28-15-17-29(18-16-28)23-8-2-1-3-9-23/h1-3,6-10,19,21,27H,4-5,11-18,20H2,(H,26,30). The van der Waals surface area contributed by atoms with E-state index in [0.29, 0.717) is 24.6 Å². The molecule has 0 spiro atoms. The molecule has 8 heteroatoms. The van der Waals surface area contributed by atoms with Gasteiger partial charge in [-0.3, -0.25) is 9.69 Å². The topological polar surface area (TPSA) is 81.8 Å². The number of para-hydroxylation sites is 1. The van der Waals surface area contributed by atoms with Gasteiger partial charge in [-0.05, 0) is 68.5 Å². The van der Waals surface area contributed by atoms with Crippen molar-refractivity contribution in [3.05, 3.63) is 60.2 Å². The van der Waals surface area contributed by atoms with Gasteiger partial charge in [0.15, 0.2) is 0 Å². The molecule has 2 aromatic carbocycles. The van der Waals surface area contributed by atoms with Crippen molar-refractivity contribution in [1.82, 2.24) is 14.9 Å². The van der Waals surface area contributed by atoms with E-state index in [-0.39, 0.29) is 10.8 Å². The highest BCUT2D eigenvalue weighted by Crippen LogP contribution is 2.28. The monoisotopic (exact) mass is 470 g/mol. The summed E-state index contributed by atoms with van der Waals surface area (Å²) in [5.41, 5.74) is 1.66. The smallest absolute Gasteiger partial charge is 0.251 e. The lowest BCUT2D eigenvalue weighted by Gasteiger charge is -2.36. The van der Waals surface area contributed by atoms with Gasteiger partial charge < -0.3 is 10.2 Å². The zero-order valence-electron chi connectivity index (χ0n) is 19.1. The highest BCUT2D eigenvalue weighted by atomic mass is 32.2. The van der Waals surface area contributed by atoms with Crippen LogP contribution in [-0.4, -0.2) is 65.0 Å². The number of sulfonamides is 1. The summed E-state index contributed by atoms with van der Waals surface area (Å²) in [7, 11) is -3.57. The van der Waals surface area contributed by atoms with Gasteiger partial charge >= 0.3 is 0 Å². The Morgan fingerprint density at radius 1 is 0.939 bits per heavy atom. The van der Waals surface area contributed by atoms with Gasteiger partial charge in [-0.1, -0.05) is 24.3 Å². The van der Waals surface area contributed by atoms with Crippen molar-refractivity contribution < 1.29 is 13.2 Å². The second-order valence-electron chi connectivity index (χ2n) is 8.95. The number of anilines is 1. The maximum Gasteiger partial charge on any atom is 0.251 e. The van der Waals surface area contributed by atoms with E-state index in [1.165, 1.54) is 17.8 Å². The zero-order chi connectivity index (χ0) is 23.1. The molecule has 1 amide bonds. The molecule has 0 bridgehead atoms. The number of benzene rings is 2. The van der Waals surface area contributed by atoms with Gasteiger partial charge in [-0.25, -0.2) is 13.1 Å². The Labute approximate surface area is 197 Å². The average molecular weight is 471 g/mol. The number of carbonyl (C=O) groups excluding carboxylic acids is 1. The molecule has 0 aromatic heterocycles. The van der Waals surface area contributed by atoms with Crippen LogP contribution in [0.15, 0.2) is 59.5 Å². The number of piperazine rings is 1. The fourth-order valence-electron chi connectivity index (χ4n) is 4.07. The summed E-state index contributed by atoms with van der Waals surface area (Å²) in [5.74, 6) is 0.227. The van der Waals surface area contributed by atoms with E-state index in [0.717, 1.165) is 58.4 Å². The van der Waals surface area contributed by atoms with Crippen LogP contribution < -0.4 is 14.9 Å². The third-order valence-electron chi connectivity index (χ3n) is 6.35. The first kappa shape index (κ1) is 23.7. The van der Waals surface area contributed by atoms with Gasteiger partial charge in [0.05, 0.1) is 4.90 Å². The molecule has 2 N–H and O–H groups in total. The Balaban J connectivity index is 1.14. The molecule has 178 valence electrons.